The molecular formula is C80H54N2O. The minimum atomic E-state index is 0.848. The van der Waals surface area contributed by atoms with Gasteiger partial charge in [-0.15, -0.1) is 0 Å². The van der Waals surface area contributed by atoms with E-state index in [2.05, 4.69) is 337 Å². The summed E-state index contributed by atoms with van der Waals surface area (Å²) in [6.45, 7) is 0. The largest absolute Gasteiger partial charge is 0.455 e. The minimum absolute atomic E-state index is 0.848. The number of hydrogen-bond acceptors (Lipinski definition) is 3. The average Bonchev–Trinajstić information content (AvgIpc) is 4.01. The molecule has 15 rings (SSSR count). The smallest absolute Gasteiger partial charge is 0.143 e. The summed E-state index contributed by atoms with van der Waals surface area (Å²) in [4.78, 5) is 4.68. The van der Waals surface area contributed by atoms with Gasteiger partial charge >= 0.3 is 0 Å². The molecule has 3 heteroatoms. The molecule has 0 amide bonds. The molecule has 1 heterocycles. The summed E-state index contributed by atoms with van der Waals surface area (Å²) in [5, 5.41) is 6.78. The van der Waals surface area contributed by atoms with Crippen molar-refractivity contribution < 1.29 is 4.42 Å². The van der Waals surface area contributed by atoms with Crippen molar-refractivity contribution in [2.24, 2.45) is 0 Å². The second-order valence-corrected chi connectivity index (χ2v) is 21.2. The molecule has 0 unspecified atom stereocenters. The van der Waals surface area contributed by atoms with Crippen molar-refractivity contribution in [1.82, 2.24) is 0 Å². The zero-order valence-electron chi connectivity index (χ0n) is 45.5. The Morgan fingerprint density at radius 1 is 0.181 bits per heavy atom. The van der Waals surface area contributed by atoms with Crippen LogP contribution in [0, 0.1) is 0 Å². The lowest BCUT2D eigenvalue weighted by Gasteiger charge is -2.26. The number of benzene rings is 14. The van der Waals surface area contributed by atoms with Crippen LogP contribution < -0.4 is 9.80 Å². The second kappa shape index (κ2) is 21.2. The van der Waals surface area contributed by atoms with Crippen LogP contribution in [0.2, 0.25) is 0 Å². The third kappa shape index (κ3) is 9.27. The highest BCUT2D eigenvalue weighted by Gasteiger charge is 2.21. The molecule has 0 saturated carbocycles. The van der Waals surface area contributed by atoms with Crippen LogP contribution in [0.4, 0.5) is 34.1 Å². The van der Waals surface area contributed by atoms with Crippen LogP contribution in [0.15, 0.2) is 332 Å². The van der Waals surface area contributed by atoms with Crippen molar-refractivity contribution in [1.29, 1.82) is 0 Å². The predicted molar refractivity (Wildman–Crippen MR) is 351 cm³/mol. The van der Waals surface area contributed by atoms with E-state index in [1.807, 2.05) is 0 Å². The molecule has 0 bridgehead atoms. The fourth-order valence-electron chi connectivity index (χ4n) is 12.1. The Morgan fingerprint density at radius 3 is 0.687 bits per heavy atom. The zero-order chi connectivity index (χ0) is 55.1. The third-order valence-corrected chi connectivity index (χ3v) is 16.3. The maximum atomic E-state index is 7.62. The van der Waals surface area contributed by atoms with E-state index >= 15 is 0 Å². The lowest BCUT2D eigenvalue weighted by molar-refractivity contribution is 0.666. The maximum absolute atomic E-state index is 7.62. The van der Waals surface area contributed by atoms with Gasteiger partial charge in [-0.2, -0.15) is 0 Å². The highest BCUT2D eigenvalue weighted by atomic mass is 16.3. The predicted octanol–water partition coefficient (Wildman–Crippen LogP) is 22.8. The Morgan fingerprint density at radius 2 is 0.422 bits per heavy atom. The van der Waals surface area contributed by atoms with Gasteiger partial charge < -0.3 is 14.2 Å². The number of fused-ring (bicyclic) bond motifs is 1. The van der Waals surface area contributed by atoms with Crippen molar-refractivity contribution in [2.45, 2.75) is 0 Å². The zero-order valence-corrected chi connectivity index (χ0v) is 45.5. The third-order valence-electron chi connectivity index (χ3n) is 16.3. The van der Waals surface area contributed by atoms with Gasteiger partial charge in [0, 0.05) is 56.0 Å². The Bertz CT molecular complexity index is 4280. The van der Waals surface area contributed by atoms with E-state index in [0.29, 0.717) is 0 Å². The van der Waals surface area contributed by atoms with Crippen LogP contribution in [0.3, 0.4) is 0 Å². The van der Waals surface area contributed by atoms with Crippen LogP contribution >= 0.6 is 0 Å². The Hall–Kier alpha value is -11.0. The fourth-order valence-corrected chi connectivity index (χ4v) is 12.1. The molecule has 0 aliphatic carbocycles. The van der Waals surface area contributed by atoms with Gasteiger partial charge in [0.2, 0.25) is 0 Å². The van der Waals surface area contributed by atoms with Gasteiger partial charge in [0.1, 0.15) is 11.2 Å². The van der Waals surface area contributed by atoms with Gasteiger partial charge in [-0.3, -0.25) is 0 Å². The standard InChI is InChI=1S/C80H54N2O/c1-5-15-55(16-6-1)59-27-41-67(42-28-59)81(68-43-29-60(30-44-68)56-17-7-2-8-18-56)71-49-35-63(36-50-71)73-53-39-65-23-13-25-75-76-26-14-24-66-40-54-74(80(78(66)76)83-79(73)77(65)75)64-37-51-72(52-38-64)82(69-45-31-61(32-46-69)57-19-9-3-10-20-57)70-47-33-62(34-48-70)58-21-11-4-12-22-58/h1-54H. The lowest BCUT2D eigenvalue weighted by Crippen LogP contribution is -2.09. The quantitative estimate of drug-likeness (QED) is 0.122. The van der Waals surface area contributed by atoms with E-state index in [9.17, 15) is 0 Å². The van der Waals surface area contributed by atoms with Crippen LogP contribution in [0.25, 0.3) is 110 Å². The average molecular weight is 1060 g/mol. The number of anilines is 6. The first-order valence-corrected chi connectivity index (χ1v) is 28.4. The normalized spacial score (nSPS) is 11.4. The number of nitrogens with zero attached hydrogens (tertiary/aromatic N) is 2. The molecule has 0 saturated heterocycles. The molecular weight excluding hydrogens is 1000 g/mol. The van der Waals surface area contributed by atoms with E-state index in [1.165, 1.54) is 44.5 Å². The van der Waals surface area contributed by atoms with E-state index in [1.54, 1.807) is 0 Å². The second-order valence-electron chi connectivity index (χ2n) is 21.2. The monoisotopic (exact) mass is 1060 g/mol. The molecule has 0 atom stereocenters. The van der Waals surface area contributed by atoms with Gasteiger partial charge in [-0.1, -0.05) is 243 Å². The molecule has 15 aromatic rings. The van der Waals surface area contributed by atoms with Gasteiger partial charge in [0.05, 0.1) is 0 Å². The molecule has 0 spiro atoms. The molecule has 0 N–H and O–H groups in total. The van der Waals surface area contributed by atoms with E-state index in [-0.39, 0.29) is 0 Å². The first kappa shape index (κ1) is 49.1. The Balaban J connectivity index is 0.839. The molecule has 1 aromatic heterocycles. The van der Waals surface area contributed by atoms with E-state index in [0.717, 1.165) is 99.9 Å². The Kier molecular flexibility index (Phi) is 12.6. The van der Waals surface area contributed by atoms with Crippen molar-refractivity contribution in [2.75, 3.05) is 9.80 Å². The molecule has 83 heavy (non-hydrogen) atoms. The topological polar surface area (TPSA) is 19.6 Å². The minimum Gasteiger partial charge on any atom is -0.455 e. The summed E-state index contributed by atoms with van der Waals surface area (Å²) in [7, 11) is 0. The SMILES string of the molecule is c1ccc(-c2ccc(N(c3ccc(-c4ccccc4)cc3)c3ccc(-c4ccc5cccc6c7cccc8ccc(-c9ccc(N(c%10ccc(-c%11ccccc%11)cc%10)c%10ccc(-c%11ccccc%11)cc%10)cc9)c(oc4c56)c87)cc3)cc2)cc1. The van der Waals surface area contributed by atoms with Crippen molar-refractivity contribution in [3.63, 3.8) is 0 Å². The highest BCUT2D eigenvalue weighted by Crippen LogP contribution is 2.46. The summed E-state index contributed by atoms with van der Waals surface area (Å²) in [5.74, 6) is 0. The molecule has 390 valence electrons. The first-order chi connectivity index (χ1) is 41.1. The number of rotatable bonds is 12. The van der Waals surface area contributed by atoms with Crippen LogP contribution in [-0.2, 0) is 0 Å². The fraction of sp³-hybridized carbons (Fsp3) is 0. The molecule has 0 aliphatic rings. The van der Waals surface area contributed by atoms with E-state index < -0.39 is 0 Å². The molecule has 0 fully saturated rings. The van der Waals surface area contributed by atoms with Crippen molar-refractivity contribution in [3.05, 3.63) is 328 Å². The lowest BCUT2D eigenvalue weighted by atomic mass is 9.94. The van der Waals surface area contributed by atoms with Crippen LogP contribution in [-0.4, -0.2) is 0 Å². The van der Waals surface area contributed by atoms with Gasteiger partial charge in [0.25, 0.3) is 0 Å². The first-order valence-electron chi connectivity index (χ1n) is 28.4. The van der Waals surface area contributed by atoms with Gasteiger partial charge in [-0.25, -0.2) is 0 Å². The molecule has 0 aliphatic heterocycles. The summed E-state index contributed by atoms with van der Waals surface area (Å²) < 4.78 is 7.62. The molecule has 14 aromatic carbocycles. The molecule has 3 nitrogen and oxygen atoms in total. The van der Waals surface area contributed by atoms with Crippen LogP contribution in [0.1, 0.15) is 0 Å². The summed E-state index contributed by atoms with van der Waals surface area (Å²) in [5.41, 5.74) is 21.8. The summed E-state index contributed by atoms with van der Waals surface area (Å²) >= 11 is 0. The van der Waals surface area contributed by atoms with E-state index in [4.69, 9.17) is 4.42 Å². The van der Waals surface area contributed by atoms with Crippen molar-refractivity contribution in [3.8, 4) is 66.8 Å². The number of hydrogen-bond donors (Lipinski definition) is 0. The summed E-state index contributed by atoms with van der Waals surface area (Å²) in [6.07, 6.45) is 0. The summed E-state index contributed by atoms with van der Waals surface area (Å²) in [6, 6.07) is 118. The Labute approximate surface area is 483 Å². The van der Waals surface area contributed by atoms with Crippen molar-refractivity contribution >= 4 is 77.6 Å². The van der Waals surface area contributed by atoms with Gasteiger partial charge in [0.15, 0.2) is 0 Å². The molecule has 0 radical (unpaired) electrons. The maximum Gasteiger partial charge on any atom is 0.143 e. The van der Waals surface area contributed by atoms with Gasteiger partial charge in [-0.05, 0) is 162 Å². The highest BCUT2D eigenvalue weighted by molar-refractivity contribution is 6.26. The van der Waals surface area contributed by atoms with Crippen LogP contribution in [0.5, 0.6) is 0 Å².